The Kier molecular flexibility index (Phi) is 2.55. The Hall–Kier alpha value is -0.800. The van der Waals surface area contributed by atoms with Crippen molar-refractivity contribution in [3.05, 3.63) is 27.5 Å². The van der Waals surface area contributed by atoms with E-state index >= 15 is 0 Å². The Balaban J connectivity index is 3.43. The highest BCUT2D eigenvalue weighted by molar-refractivity contribution is 6.39. The molecule has 0 aliphatic rings. The van der Waals surface area contributed by atoms with Gasteiger partial charge in [-0.1, -0.05) is 23.2 Å². The van der Waals surface area contributed by atoms with E-state index in [0.717, 1.165) is 0 Å². The van der Waals surface area contributed by atoms with E-state index in [4.69, 9.17) is 28.9 Å². The molecule has 0 radical (unpaired) electrons. The van der Waals surface area contributed by atoms with Crippen LogP contribution in [0.2, 0.25) is 10.2 Å². The van der Waals surface area contributed by atoms with Gasteiger partial charge in [0.2, 0.25) is 0 Å². The molecule has 0 unspecified atom stereocenters. The van der Waals surface area contributed by atoms with Crippen LogP contribution in [0.5, 0.6) is 0 Å². The van der Waals surface area contributed by atoms with E-state index in [1.807, 2.05) is 0 Å². The van der Waals surface area contributed by atoms with Crippen LogP contribution in [-0.4, -0.2) is 10.9 Å². The molecule has 1 rings (SSSR count). The number of carbonyl (C=O) groups excluding carboxylic acids is 1. The zero-order valence-corrected chi connectivity index (χ0v) is 7.78. The Morgan fingerprint density at radius 3 is 2.58 bits per heavy atom. The second kappa shape index (κ2) is 3.29. The zero-order valence-electron chi connectivity index (χ0n) is 6.27. The van der Waals surface area contributed by atoms with Crippen LogP contribution in [-0.2, 0) is 0 Å². The van der Waals surface area contributed by atoms with E-state index in [1.54, 1.807) is 6.92 Å². The monoisotopic (exact) mass is 204 g/mol. The third kappa shape index (κ3) is 1.52. The summed E-state index contributed by atoms with van der Waals surface area (Å²) in [5.74, 6) is -0.666. The highest BCUT2D eigenvalue weighted by Crippen LogP contribution is 2.24. The minimum Gasteiger partial charge on any atom is -0.365 e. The first-order chi connectivity index (χ1) is 5.54. The van der Waals surface area contributed by atoms with Crippen LogP contribution < -0.4 is 5.73 Å². The number of amides is 1. The summed E-state index contributed by atoms with van der Waals surface area (Å²) in [6, 6.07) is 0. The SMILES string of the molecule is Cc1cnc(Cl)c(C(N)=O)c1Cl. The molecule has 1 heterocycles. The van der Waals surface area contributed by atoms with E-state index in [1.165, 1.54) is 6.20 Å². The van der Waals surface area contributed by atoms with Gasteiger partial charge in [-0.25, -0.2) is 4.98 Å². The lowest BCUT2D eigenvalue weighted by atomic mass is 10.2. The molecule has 64 valence electrons. The number of aryl methyl sites for hydroxylation is 1. The van der Waals surface area contributed by atoms with Gasteiger partial charge in [-0.2, -0.15) is 0 Å². The maximum absolute atomic E-state index is 10.8. The number of halogens is 2. The van der Waals surface area contributed by atoms with E-state index in [-0.39, 0.29) is 15.7 Å². The minimum atomic E-state index is -0.666. The van der Waals surface area contributed by atoms with Crippen molar-refractivity contribution in [2.75, 3.05) is 0 Å². The molecular weight excluding hydrogens is 199 g/mol. The number of primary amides is 1. The molecule has 0 aliphatic heterocycles. The van der Waals surface area contributed by atoms with Crippen molar-refractivity contribution in [1.82, 2.24) is 4.98 Å². The molecule has 0 atom stereocenters. The first-order valence-corrected chi connectivity index (χ1v) is 3.90. The zero-order chi connectivity index (χ0) is 9.30. The maximum Gasteiger partial charge on any atom is 0.253 e. The van der Waals surface area contributed by atoms with Gasteiger partial charge in [0.15, 0.2) is 0 Å². The van der Waals surface area contributed by atoms with Crippen LogP contribution in [0, 0.1) is 6.92 Å². The fourth-order valence-electron chi connectivity index (χ4n) is 0.772. The lowest BCUT2D eigenvalue weighted by Gasteiger charge is -2.03. The fraction of sp³-hybridized carbons (Fsp3) is 0.143. The van der Waals surface area contributed by atoms with Gasteiger partial charge in [0, 0.05) is 6.20 Å². The molecule has 1 aromatic heterocycles. The van der Waals surface area contributed by atoms with Crippen LogP contribution in [0.4, 0.5) is 0 Å². The largest absolute Gasteiger partial charge is 0.365 e. The topological polar surface area (TPSA) is 56.0 Å². The predicted octanol–water partition coefficient (Wildman–Crippen LogP) is 1.80. The molecule has 1 aromatic rings. The third-order valence-corrected chi connectivity index (χ3v) is 2.16. The third-order valence-electron chi connectivity index (χ3n) is 1.39. The quantitative estimate of drug-likeness (QED) is 0.710. The van der Waals surface area contributed by atoms with Crippen LogP contribution >= 0.6 is 23.2 Å². The molecule has 3 nitrogen and oxygen atoms in total. The summed E-state index contributed by atoms with van der Waals surface area (Å²) in [7, 11) is 0. The molecule has 0 bridgehead atoms. The number of hydrogen-bond acceptors (Lipinski definition) is 2. The number of carbonyl (C=O) groups is 1. The number of aromatic nitrogens is 1. The molecule has 1 amide bonds. The molecule has 0 spiro atoms. The lowest BCUT2D eigenvalue weighted by Crippen LogP contribution is -2.13. The van der Waals surface area contributed by atoms with Crippen LogP contribution in [0.25, 0.3) is 0 Å². The van der Waals surface area contributed by atoms with Crippen LogP contribution in [0.15, 0.2) is 6.20 Å². The highest BCUT2D eigenvalue weighted by atomic mass is 35.5. The summed E-state index contributed by atoms with van der Waals surface area (Å²) in [6.45, 7) is 1.72. The molecule has 12 heavy (non-hydrogen) atoms. The molecule has 0 fully saturated rings. The number of pyridine rings is 1. The van der Waals surface area contributed by atoms with Gasteiger partial charge in [0.05, 0.1) is 10.6 Å². The molecular formula is C7H6Cl2N2O. The number of hydrogen-bond donors (Lipinski definition) is 1. The molecule has 5 heteroatoms. The highest BCUT2D eigenvalue weighted by Gasteiger charge is 2.14. The lowest BCUT2D eigenvalue weighted by molar-refractivity contribution is 0.1000. The Labute approximate surface area is 79.5 Å². The van der Waals surface area contributed by atoms with Crippen LogP contribution in [0.3, 0.4) is 0 Å². The molecule has 2 N–H and O–H groups in total. The average Bonchev–Trinajstić information content (AvgIpc) is 1.97. The second-order valence-electron chi connectivity index (χ2n) is 2.29. The number of nitrogens with zero attached hydrogens (tertiary/aromatic N) is 1. The van der Waals surface area contributed by atoms with Crippen molar-refractivity contribution in [3.8, 4) is 0 Å². The smallest absolute Gasteiger partial charge is 0.253 e. The summed E-state index contributed by atoms with van der Waals surface area (Å²) >= 11 is 11.4. The average molecular weight is 205 g/mol. The second-order valence-corrected chi connectivity index (χ2v) is 3.02. The van der Waals surface area contributed by atoms with Gasteiger partial charge in [-0.15, -0.1) is 0 Å². The molecule has 0 saturated heterocycles. The van der Waals surface area contributed by atoms with Crippen molar-refractivity contribution < 1.29 is 4.79 Å². The van der Waals surface area contributed by atoms with Gasteiger partial charge < -0.3 is 5.73 Å². The Morgan fingerprint density at radius 2 is 2.17 bits per heavy atom. The van der Waals surface area contributed by atoms with Crippen molar-refractivity contribution in [2.45, 2.75) is 6.92 Å². The number of nitrogens with two attached hydrogens (primary N) is 1. The van der Waals surface area contributed by atoms with Crippen molar-refractivity contribution >= 4 is 29.1 Å². The van der Waals surface area contributed by atoms with Gasteiger partial charge in [-0.3, -0.25) is 4.79 Å². The van der Waals surface area contributed by atoms with Gasteiger partial charge >= 0.3 is 0 Å². The molecule has 0 aliphatic carbocycles. The van der Waals surface area contributed by atoms with Gasteiger partial charge in [0.1, 0.15) is 5.15 Å². The van der Waals surface area contributed by atoms with E-state index in [0.29, 0.717) is 5.56 Å². The predicted molar refractivity (Wildman–Crippen MR) is 47.5 cm³/mol. The summed E-state index contributed by atoms with van der Waals surface area (Å²) < 4.78 is 0. The van der Waals surface area contributed by atoms with E-state index < -0.39 is 5.91 Å². The van der Waals surface area contributed by atoms with E-state index in [9.17, 15) is 4.79 Å². The van der Waals surface area contributed by atoms with Crippen LogP contribution in [0.1, 0.15) is 15.9 Å². The summed E-state index contributed by atoms with van der Waals surface area (Å²) in [5, 5.41) is 0.306. The van der Waals surface area contributed by atoms with Crippen molar-refractivity contribution in [1.29, 1.82) is 0 Å². The Morgan fingerprint density at radius 1 is 1.58 bits per heavy atom. The first kappa shape index (κ1) is 9.29. The first-order valence-electron chi connectivity index (χ1n) is 3.14. The molecule has 0 saturated carbocycles. The van der Waals surface area contributed by atoms with Gasteiger partial charge in [-0.05, 0) is 12.5 Å². The Bertz CT molecular complexity index is 338. The maximum atomic E-state index is 10.8. The normalized spacial score (nSPS) is 9.92. The van der Waals surface area contributed by atoms with Gasteiger partial charge in [0.25, 0.3) is 5.91 Å². The fourth-order valence-corrected chi connectivity index (χ4v) is 1.29. The summed E-state index contributed by atoms with van der Waals surface area (Å²) in [5.41, 5.74) is 5.79. The molecule has 0 aromatic carbocycles. The standard InChI is InChI=1S/C7H6Cl2N2O/c1-3-2-11-6(9)4(5(3)8)7(10)12/h2H,1H3,(H2,10,12). The minimum absolute atomic E-state index is 0.0399. The number of rotatable bonds is 1. The summed E-state index contributed by atoms with van der Waals surface area (Å²) in [6.07, 6.45) is 1.48. The van der Waals surface area contributed by atoms with E-state index in [2.05, 4.69) is 4.98 Å². The van der Waals surface area contributed by atoms with Crippen molar-refractivity contribution in [3.63, 3.8) is 0 Å². The van der Waals surface area contributed by atoms with Crippen molar-refractivity contribution in [2.24, 2.45) is 5.73 Å². The summed E-state index contributed by atoms with van der Waals surface area (Å²) in [4.78, 5) is 14.5.